The Morgan fingerprint density at radius 1 is 1.00 bits per heavy atom. The fraction of sp³-hybridized carbons (Fsp3) is 0.176. The third kappa shape index (κ3) is 3.17. The minimum atomic E-state index is -0.244. The fourth-order valence-electron chi connectivity index (χ4n) is 2.31. The molecule has 21 heavy (non-hydrogen) atoms. The fourth-order valence-corrected chi connectivity index (χ4v) is 2.31. The quantitative estimate of drug-likeness (QED) is 0.780. The molecule has 0 saturated carbocycles. The molecule has 0 amide bonds. The predicted octanol–water partition coefficient (Wildman–Crippen LogP) is 3.13. The molecule has 0 spiro atoms. The Morgan fingerprint density at radius 3 is 2.33 bits per heavy atom. The molecular weight excluding hydrogens is 262 g/mol. The first-order valence-electron chi connectivity index (χ1n) is 6.89. The van der Waals surface area contributed by atoms with E-state index in [0.717, 1.165) is 17.8 Å². The van der Waals surface area contributed by atoms with Crippen LogP contribution in [0.1, 0.15) is 28.9 Å². The number of methoxy groups -OCH3 is 1. The smallest absolute Gasteiger partial charge is 0.184 e. The van der Waals surface area contributed by atoms with Crippen molar-refractivity contribution in [1.29, 1.82) is 0 Å². The van der Waals surface area contributed by atoms with Gasteiger partial charge in [-0.3, -0.25) is 5.10 Å². The standard InChI is InChI=1S/C17H17N3O/c1-21-16(14-10-6-3-7-11-14)17-18-15(19-20-17)12-13-8-4-2-5-9-13/h2-11,16H,12H2,1H3,(H,18,19,20)/t16-/m1/s1. The molecule has 0 aliphatic rings. The molecule has 0 bridgehead atoms. The molecule has 1 atom stereocenters. The Balaban J connectivity index is 1.80. The summed E-state index contributed by atoms with van der Waals surface area (Å²) < 4.78 is 5.54. The molecule has 2 aromatic carbocycles. The maximum absolute atomic E-state index is 5.54. The first kappa shape index (κ1) is 13.5. The van der Waals surface area contributed by atoms with Crippen molar-refractivity contribution in [3.8, 4) is 0 Å². The van der Waals surface area contributed by atoms with E-state index in [-0.39, 0.29) is 6.10 Å². The summed E-state index contributed by atoms with van der Waals surface area (Å²) in [5.41, 5.74) is 2.25. The summed E-state index contributed by atoms with van der Waals surface area (Å²) in [5, 5.41) is 7.30. The lowest BCUT2D eigenvalue weighted by Gasteiger charge is -2.11. The zero-order valence-corrected chi connectivity index (χ0v) is 11.9. The van der Waals surface area contributed by atoms with E-state index in [1.54, 1.807) is 7.11 Å². The van der Waals surface area contributed by atoms with E-state index in [4.69, 9.17) is 4.74 Å². The molecule has 0 unspecified atom stereocenters. The average molecular weight is 279 g/mol. The molecule has 3 rings (SSSR count). The van der Waals surface area contributed by atoms with Crippen LogP contribution in [0.2, 0.25) is 0 Å². The van der Waals surface area contributed by atoms with Crippen LogP contribution < -0.4 is 0 Å². The van der Waals surface area contributed by atoms with Gasteiger partial charge in [-0.25, -0.2) is 4.98 Å². The minimum Gasteiger partial charge on any atom is -0.369 e. The van der Waals surface area contributed by atoms with Crippen molar-refractivity contribution in [2.24, 2.45) is 0 Å². The van der Waals surface area contributed by atoms with Crippen molar-refractivity contribution in [1.82, 2.24) is 15.2 Å². The Kier molecular flexibility index (Phi) is 4.07. The third-order valence-corrected chi connectivity index (χ3v) is 3.34. The van der Waals surface area contributed by atoms with Crippen LogP contribution in [0, 0.1) is 0 Å². The number of ether oxygens (including phenoxy) is 1. The van der Waals surface area contributed by atoms with Crippen LogP contribution >= 0.6 is 0 Å². The Bertz CT molecular complexity index is 680. The van der Waals surface area contributed by atoms with Crippen molar-refractivity contribution in [3.05, 3.63) is 83.4 Å². The van der Waals surface area contributed by atoms with Gasteiger partial charge >= 0.3 is 0 Å². The van der Waals surface area contributed by atoms with Crippen LogP contribution in [0.5, 0.6) is 0 Å². The maximum Gasteiger partial charge on any atom is 0.184 e. The second-order valence-electron chi connectivity index (χ2n) is 4.83. The summed E-state index contributed by atoms with van der Waals surface area (Å²) in [6, 6.07) is 20.2. The van der Waals surface area contributed by atoms with Crippen molar-refractivity contribution < 1.29 is 4.74 Å². The van der Waals surface area contributed by atoms with Crippen molar-refractivity contribution in [3.63, 3.8) is 0 Å². The van der Waals surface area contributed by atoms with Gasteiger partial charge in [0.1, 0.15) is 11.9 Å². The molecule has 0 aliphatic carbocycles. The minimum absolute atomic E-state index is 0.244. The molecule has 0 fully saturated rings. The van der Waals surface area contributed by atoms with Gasteiger partial charge in [0.05, 0.1) is 0 Å². The van der Waals surface area contributed by atoms with Crippen molar-refractivity contribution in [2.45, 2.75) is 12.5 Å². The summed E-state index contributed by atoms with van der Waals surface area (Å²) in [6.07, 6.45) is 0.492. The number of aromatic amines is 1. The molecule has 4 nitrogen and oxygen atoms in total. The van der Waals surface area contributed by atoms with Gasteiger partial charge in [0.15, 0.2) is 5.82 Å². The Hall–Kier alpha value is -2.46. The first-order chi connectivity index (χ1) is 10.4. The van der Waals surface area contributed by atoms with Gasteiger partial charge in [0, 0.05) is 13.5 Å². The number of hydrogen-bond acceptors (Lipinski definition) is 3. The number of hydrogen-bond donors (Lipinski definition) is 1. The van der Waals surface area contributed by atoms with Crippen molar-refractivity contribution >= 4 is 0 Å². The summed E-state index contributed by atoms with van der Waals surface area (Å²) in [5.74, 6) is 1.50. The van der Waals surface area contributed by atoms with Gasteiger partial charge in [-0.1, -0.05) is 60.7 Å². The highest BCUT2D eigenvalue weighted by Crippen LogP contribution is 2.22. The molecule has 1 heterocycles. The highest BCUT2D eigenvalue weighted by molar-refractivity contribution is 5.24. The van der Waals surface area contributed by atoms with Crippen LogP contribution in [0.4, 0.5) is 0 Å². The van der Waals surface area contributed by atoms with Gasteiger partial charge < -0.3 is 4.74 Å². The van der Waals surface area contributed by atoms with E-state index in [2.05, 4.69) is 27.3 Å². The number of nitrogens with zero attached hydrogens (tertiary/aromatic N) is 2. The maximum atomic E-state index is 5.54. The largest absolute Gasteiger partial charge is 0.369 e. The van der Waals surface area contributed by atoms with Gasteiger partial charge in [-0.15, -0.1) is 0 Å². The third-order valence-electron chi connectivity index (χ3n) is 3.34. The monoisotopic (exact) mass is 279 g/mol. The molecule has 106 valence electrons. The summed E-state index contributed by atoms with van der Waals surface area (Å²) in [4.78, 5) is 4.56. The van der Waals surface area contributed by atoms with Crippen molar-refractivity contribution in [2.75, 3.05) is 7.11 Å². The van der Waals surface area contributed by atoms with Crippen LogP contribution in [0.15, 0.2) is 60.7 Å². The highest BCUT2D eigenvalue weighted by Gasteiger charge is 2.18. The van der Waals surface area contributed by atoms with E-state index in [1.165, 1.54) is 5.56 Å². The SMILES string of the molecule is CO[C@H](c1ccccc1)c1n[nH]c(Cc2ccccc2)n1. The van der Waals surface area contributed by atoms with E-state index in [0.29, 0.717) is 5.82 Å². The van der Waals surface area contributed by atoms with Crippen LogP contribution in [-0.4, -0.2) is 22.3 Å². The normalized spacial score (nSPS) is 12.2. The van der Waals surface area contributed by atoms with Crippen LogP contribution in [-0.2, 0) is 11.2 Å². The number of benzene rings is 2. The zero-order chi connectivity index (χ0) is 14.5. The molecule has 4 heteroatoms. The lowest BCUT2D eigenvalue weighted by molar-refractivity contribution is 0.129. The van der Waals surface area contributed by atoms with Crippen LogP contribution in [0.25, 0.3) is 0 Å². The van der Waals surface area contributed by atoms with Gasteiger partial charge in [-0.2, -0.15) is 5.10 Å². The lowest BCUT2D eigenvalue weighted by atomic mass is 10.1. The van der Waals surface area contributed by atoms with Gasteiger partial charge in [-0.05, 0) is 11.1 Å². The second kappa shape index (κ2) is 6.33. The summed E-state index contributed by atoms with van der Waals surface area (Å²) in [7, 11) is 1.67. The molecule has 1 N–H and O–H groups in total. The van der Waals surface area contributed by atoms with E-state index < -0.39 is 0 Å². The van der Waals surface area contributed by atoms with Gasteiger partial charge in [0.25, 0.3) is 0 Å². The number of rotatable bonds is 5. The second-order valence-corrected chi connectivity index (χ2v) is 4.83. The molecule has 0 aliphatic heterocycles. The molecule has 3 aromatic rings. The number of aromatic nitrogens is 3. The predicted molar refractivity (Wildman–Crippen MR) is 80.9 cm³/mol. The van der Waals surface area contributed by atoms with E-state index in [1.807, 2.05) is 48.5 Å². The number of H-pyrrole nitrogens is 1. The summed E-state index contributed by atoms with van der Waals surface area (Å²) >= 11 is 0. The Labute approximate surface area is 123 Å². The van der Waals surface area contributed by atoms with Crippen LogP contribution in [0.3, 0.4) is 0 Å². The van der Waals surface area contributed by atoms with E-state index >= 15 is 0 Å². The molecule has 0 saturated heterocycles. The zero-order valence-electron chi connectivity index (χ0n) is 11.9. The van der Waals surface area contributed by atoms with E-state index in [9.17, 15) is 0 Å². The van der Waals surface area contributed by atoms with Gasteiger partial charge in [0.2, 0.25) is 0 Å². The molecular formula is C17H17N3O. The highest BCUT2D eigenvalue weighted by atomic mass is 16.5. The summed E-state index contributed by atoms with van der Waals surface area (Å²) in [6.45, 7) is 0. The lowest BCUT2D eigenvalue weighted by Crippen LogP contribution is -2.05. The molecule has 1 aromatic heterocycles. The average Bonchev–Trinajstić information content (AvgIpc) is 2.98. The Morgan fingerprint density at radius 2 is 1.67 bits per heavy atom. The topological polar surface area (TPSA) is 50.8 Å². The molecule has 0 radical (unpaired) electrons. The number of nitrogens with one attached hydrogen (secondary N) is 1. The first-order valence-corrected chi connectivity index (χ1v) is 6.89.